The molecule has 3 aromatic carbocycles. The average molecular weight is 324 g/mol. The fourth-order valence-electron chi connectivity index (χ4n) is 2.37. The van der Waals surface area contributed by atoms with Crippen LogP contribution in [-0.4, -0.2) is 4.98 Å². The summed E-state index contributed by atoms with van der Waals surface area (Å²) >= 11 is 3.43. The van der Waals surface area contributed by atoms with E-state index in [1.807, 2.05) is 42.5 Å². The van der Waals surface area contributed by atoms with E-state index >= 15 is 0 Å². The van der Waals surface area contributed by atoms with Crippen molar-refractivity contribution in [1.29, 1.82) is 0 Å². The maximum Gasteiger partial charge on any atom is 0.227 e. The molecule has 96 valence electrons. The van der Waals surface area contributed by atoms with E-state index in [4.69, 9.17) is 4.42 Å². The maximum atomic E-state index is 5.98. The lowest BCUT2D eigenvalue weighted by Gasteiger charge is -1.96. The van der Waals surface area contributed by atoms with Gasteiger partial charge in [-0.1, -0.05) is 46.3 Å². The van der Waals surface area contributed by atoms with Crippen LogP contribution in [0.1, 0.15) is 0 Å². The second-order valence-electron chi connectivity index (χ2n) is 4.66. The van der Waals surface area contributed by atoms with E-state index < -0.39 is 0 Å². The fraction of sp³-hybridized carbons (Fsp3) is 0. The van der Waals surface area contributed by atoms with Gasteiger partial charge in [0.2, 0.25) is 5.89 Å². The first kappa shape index (κ1) is 11.7. The minimum Gasteiger partial charge on any atom is -0.435 e. The molecule has 20 heavy (non-hydrogen) atoms. The number of benzene rings is 3. The minimum atomic E-state index is 0.656. The molecule has 0 saturated heterocycles. The highest BCUT2D eigenvalue weighted by Gasteiger charge is 2.10. The van der Waals surface area contributed by atoms with E-state index in [0.717, 1.165) is 26.5 Å². The summed E-state index contributed by atoms with van der Waals surface area (Å²) in [6.07, 6.45) is 0. The third-order valence-corrected chi connectivity index (χ3v) is 3.90. The smallest absolute Gasteiger partial charge is 0.227 e. The normalized spacial score (nSPS) is 11.2. The van der Waals surface area contributed by atoms with Crippen molar-refractivity contribution in [3.63, 3.8) is 0 Å². The topological polar surface area (TPSA) is 26.0 Å². The van der Waals surface area contributed by atoms with Gasteiger partial charge in [0.15, 0.2) is 5.58 Å². The molecule has 0 atom stereocenters. The van der Waals surface area contributed by atoms with E-state index in [2.05, 4.69) is 39.1 Å². The molecule has 0 aliphatic heterocycles. The number of halogens is 1. The van der Waals surface area contributed by atoms with E-state index in [1.54, 1.807) is 0 Å². The zero-order valence-corrected chi connectivity index (χ0v) is 12.1. The Morgan fingerprint density at radius 3 is 2.50 bits per heavy atom. The van der Waals surface area contributed by atoms with Crippen molar-refractivity contribution in [2.45, 2.75) is 0 Å². The van der Waals surface area contributed by atoms with Crippen molar-refractivity contribution in [3.05, 3.63) is 65.1 Å². The number of hydrogen-bond donors (Lipinski definition) is 0. The largest absolute Gasteiger partial charge is 0.435 e. The number of rotatable bonds is 1. The van der Waals surface area contributed by atoms with E-state index in [1.165, 1.54) is 5.39 Å². The number of aromatic nitrogens is 1. The van der Waals surface area contributed by atoms with E-state index in [0.29, 0.717) is 5.89 Å². The monoisotopic (exact) mass is 323 g/mol. The van der Waals surface area contributed by atoms with Crippen molar-refractivity contribution < 1.29 is 4.42 Å². The summed E-state index contributed by atoms with van der Waals surface area (Å²) in [5.41, 5.74) is 2.72. The first-order valence-corrected chi connectivity index (χ1v) is 7.15. The molecule has 4 aromatic rings. The van der Waals surface area contributed by atoms with Gasteiger partial charge in [-0.3, -0.25) is 0 Å². The molecular formula is C17H10BrNO. The molecule has 0 saturated carbocycles. The number of oxazole rings is 1. The molecule has 3 heteroatoms. The summed E-state index contributed by atoms with van der Waals surface area (Å²) in [5, 5.41) is 2.26. The zero-order valence-electron chi connectivity index (χ0n) is 10.5. The molecule has 0 spiro atoms. The molecule has 0 unspecified atom stereocenters. The molecule has 0 radical (unpaired) electrons. The average Bonchev–Trinajstić information content (AvgIpc) is 2.92. The van der Waals surface area contributed by atoms with Gasteiger partial charge in [0.1, 0.15) is 5.52 Å². The molecule has 0 amide bonds. The molecule has 0 bridgehead atoms. The van der Waals surface area contributed by atoms with Gasteiger partial charge in [-0.25, -0.2) is 4.98 Å². The second kappa shape index (κ2) is 4.46. The van der Waals surface area contributed by atoms with Crippen LogP contribution in [0.25, 0.3) is 33.3 Å². The van der Waals surface area contributed by atoms with Gasteiger partial charge in [0.05, 0.1) is 0 Å². The first-order chi connectivity index (χ1) is 9.81. The summed E-state index contributed by atoms with van der Waals surface area (Å²) in [5.74, 6) is 0.656. The van der Waals surface area contributed by atoms with Crippen LogP contribution in [0.4, 0.5) is 0 Å². The van der Waals surface area contributed by atoms with Crippen LogP contribution in [0.15, 0.2) is 69.6 Å². The van der Waals surface area contributed by atoms with Crippen molar-refractivity contribution in [2.24, 2.45) is 0 Å². The lowest BCUT2D eigenvalue weighted by Crippen LogP contribution is -1.75. The van der Waals surface area contributed by atoms with Gasteiger partial charge in [-0.05, 0) is 35.7 Å². The van der Waals surface area contributed by atoms with Gasteiger partial charge in [0.25, 0.3) is 0 Å². The predicted molar refractivity (Wildman–Crippen MR) is 84.7 cm³/mol. The van der Waals surface area contributed by atoms with Crippen LogP contribution in [-0.2, 0) is 0 Å². The first-order valence-electron chi connectivity index (χ1n) is 6.35. The summed E-state index contributed by atoms with van der Waals surface area (Å²) in [4.78, 5) is 4.58. The Hall–Kier alpha value is -2.13. The van der Waals surface area contributed by atoms with Crippen molar-refractivity contribution in [3.8, 4) is 11.5 Å². The summed E-state index contributed by atoms with van der Waals surface area (Å²) in [7, 11) is 0. The highest BCUT2D eigenvalue weighted by molar-refractivity contribution is 9.10. The standard InChI is InChI=1S/C17H10BrNO/c18-13-8-5-12(6-9-13)17-19-15-10-7-11-3-1-2-4-14(11)16(15)20-17/h1-10H. The molecule has 0 fully saturated rings. The maximum absolute atomic E-state index is 5.98. The Kier molecular flexibility index (Phi) is 2.60. The molecule has 4 rings (SSSR count). The number of hydrogen-bond acceptors (Lipinski definition) is 2. The highest BCUT2D eigenvalue weighted by Crippen LogP contribution is 2.30. The predicted octanol–water partition coefficient (Wildman–Crippen LogP) is 5.41. The van der Waals surface area contributed by atoms with Gasteiger partial charge >= 0.3 is 0 Å². The number of nitrogens with zero attached hydrogens (tertiary/aromatic N) is 1. The molecule has 0 N–H and O–H groups in total. The summed E-state index contributed by atoms with van der Waals surface area (Å²) in [6.45, 7) is 0. The lowest BCUT2D eigenvalue weighted by atomic mass is 10.1. The molecule has 1 heterocycles. The van der Waals surface area contributed by atoms with Crippen LogP contribution in [0.2, 0.25) is 0 Å². The second-order valence-corrected chi connectivity index (χ2v) is 5.58. The molecular weight excluding hydrogens is 314 g/mol. The minimum absolute atomic E-state index is 0.656. The van der Waals surface area contributed by atoms with Crippen LogP contribution in [0.5, 0.6) is 0 Å². The van der Waals surface area contributed by atoms with Gasteiger partial charge < -0.3 is 4.42 Å². The van der Waals surface area contributed by atoms with Crippen LogP contribution in [0, 0.1) is 0 Å². The Balaban J connectivity index is 1.98. The number of fused-ring (bicyclic) bond motifs is 3. The van der Waals surface area contributed by atoms with E-state index in [-0.39, 0.29) is 0 Å². The van der Waals surface area contributed by atoms with Crippen molar-refractivity contribution >= 4 is 37.8 Å². The highest BCUT2D eigenvalue weighted by atomic mass is 79.9. The van der Waals surface area contributed by atoms with Crippen LogP contribution < -0.4 is 0 Å². The third kappa shape index (κ3) is 1.82. The van der Waals surface area contributed by atoms with Gasteiger partial charge in [0, 0.05) is 15.4 Å². The molecule has 2 nitrogen and oxygen atoms in total. The Bertz CT molecular complexity index is 909. The van der Waals surface area contributed by atoms with Crippen LogP contribution in [0.3, 0.4) is 0 Å². The Labute approximate surface area is 124 Å². The van der Waals surface area contributed by atoms with Crippen molar-refractivity contribution in [2.75, 3.05) is 0 Å². The molecule has 0 aliphatic rings. The van der Waals surface area contributed by atoms with Crippen LogP contribution >= 0.6 is 15.9 Å². The molecule has 1 aromatic heterocycles. The Morgan fingerprint density at radius 1 is 0.850 bits per heavy atom. The van der Waals surface area contributed by atoms with E-state index in [9.17, 15) is 0 Å². The molecule has 0 aliphatic carbocycles. The lowest BCUT2D eigenvalue weighted by molar-refractivity contribution is 0.623. The summed E-state index contributed by atoms with van der Waals surface area (Å²) in [6, 6.07) is 20.2. The van der Waals surface area contributed by atoms with Gasteiger partial charge in [-0.15, -0.1) is 0 Å². The SMILES string of the molecule is Brc1ccc(-c2nc3ccc4ccccc4c3o2)cc1. The Morgan fingerprint density at radius 2 is 1.65 bits per heavy atom. The van der Waals surface area contributed by atoms with Gasteiger partial charge in [-0.2, -0.15) is 0 Å². The zero-order chi connectivity index (χ0) is 13.5. The summed E-state index contributed by atoms with van der Waals surface area (Å²) < 4.78 is 7.03. The van der Waals surface area contributed by atoms with Crippen molar-refractivity contribution in [1.82, 2.24) is 4.98 Å². The third-order valence-electron chi connectivity index (χ3n) is 3.37. The fourth-order valence-corrected chi connectivity index (χ4v) is 2.64. The quantitative estimate of drug-likeness (QED) is 0.468.